The molecule has 1 aromatic carbocycles. The molecule has 4 nitrogen and oxygen atoms in total. The van der Waals surface area contributed by atoms with Crippen LogP contribution in [0.2, 0.25) is 0 Å². The number of rotatable bonds is 9. The van der Waals surface area contributed by atoms with Crippen LogP contribution in [0.5, 0.6) is 0 Å². The van der Waals surface area contributed by atoms with Crippen LogP contribution in [0.1, 0.15) is 39.5 Å². The van der Waals surface area contributed by atoms with Gasteiger partial charge in [0.2, 0.25) is 5.91 Å². The summed E-state index contributed by atoms with van der Waals surface area (Å²) in [5.41, 5.74) is 1.61. The average molecular weight is 320 g/mol. The minimum absolute atomic E-state index is 0.175. The van der Waals surface area contributed by atoms with E-state index in [0.29, 0.717) is 11.0 Å². The van der Waals surface area contributed by atoms with Crippen LogP contribution in [0.4, 0.5) is 0 Å². The molecule has 1 aromatic heterocycles. The van der Waals surface area contributed by atoms with Crippen LogP contribution in [0.15, 0.2) is 33.9 Å². The number of nitrogens with zero attached hydrogens (tertiary/aromatic N) is 2. The Morgan fingerprint density at radius 3 is 2.50 bits per heavy atom. The molecule has 0 radical (unpaired) electrons. The predicted octanol–water partition coefficient (Wildman–Crippen LogP) is 4.35. The molecule has 0 N–H and O–H groups in total. The summed E-state index contributed by atoms with van der Waals surface area (Å²) in [6.45, 7) is 6.00. The molecule has 2 rings (SSSR count). The predicted molar refractivity (Wildman–Crippen MR) is 91.1 cm³/mol. The lowest BCUT2D eigenvalue weighted by molar-refractivity contribution is -0.128. The van der Waals surface area contributed by atoms with Gasteiger partial charge in [-0.2, -0.15) is 0 Å². The van der Waals surface area contributed by atoms with Crippen molar-refractivity contribution in [3.05, 3.63) is 24.3 Å². The van der Waals surface area contributed by atoms with Gasteiger partial charge in [0.15, 0.2) is 5.58 Å². The van der Waals surface area contributed by atoms with Gasteiger partial charge in [0, 0.05) is 13.1 Å². The van der Waals surface area contributed by atoms with Crippen LogP contribution in [0.3, 0.4) is 0 Å². The normalized spacial score (nSPS) is 11.0. The van der Waals surface area contributed by atoms with E-state index in [0.717, 1.165) is 49.9 Å². The Hall–Kier alpha value is -1.49. The van der Waals surface area contributed by atoms with Crippen molar-refractivity contribution in [3.63, 3.8) is 0 Å². The summed E-state index contributed by atoms with van der Waals surface area (Å²) < 4.78 is 5.64. The SMILES string of the molecule is CCCCN(CCCC)C(=O)CSc1nc2ccccc2o1. The quantitative estimate of drug-likeness (QED) is 0.644. The second kappa shape index (κ2) is 8.83. The topological polar surface area (TPSA) is 46.3 Å². The number of amides is 1. The maximum Gasteiger partial charge on any atom is 0.257 e. The number of unbranched alkanes of at least 4 members (excludes halogenated alkanes) is 2. The number of benzene rings is 1. The van der Waals surface area contributed by atoms with Gasteiger partial charge in [-0.05, 0) is 25.0 Å². The monoisotopic (exact) mass is 320 g/mol. The number of aromatic nitrogens is 1. The molecule has 0 aliphatic carbocycles. The number of hydrogen-bond acceptors (Lipinski definition) is 4. The van der Waals surface area contributed by atoms with E-state index in [-0.39, 0.29) is 5.91 Å². The fourth-order valence-electron chi connectivity index (χ4n) is 2.19. The molecule has 0 aliphatic rings. The Labute approximate surface area is 136 Å². The highest BCUT2D eigenvalue weighted by molar-refractivity contribution is 7.99. The summed E-state index contributed by atoms with van der Waals surface area (Å²) in [4.78, 5) is 18.7. The van der Waals surface area contributed by atoms with Crippen molar-refractivity contribution in [3.8, 4) is 0 Å². The van der Waals surface area contributed by atoms with Gasteiger partial charge in [-0.3, -0.25) is 4.79 Å². The molecule has 0 spiro atoms. The van der Waals surface area contributed by atoms with Gasteiger partial charge in [-0.15, -0.1) is 0 Å². The molecule has 22 heavy (non-hydrogen) atoms. The molecule has 0 aliphatic heterocycles. The minimum Gasteiger partial charge on any atom is -0.431 e. The number of oxazole rings is 1. The second-order valence-corrected chi connectivity index (χ2v) is 6.25. The van der Waals surface area contributed by atoms with Crippen LogP contribution in [-0.4, -0.2) is 34.6 Å². The lowest BCUT2D eigenvalue weighted by atomic mass is 10.2. The Bertz CT molecular complexity index is 556. The maximum absolute atomic E-state index is 12.4. The van der Waals surface area contributed by atoms with Gasteiger partial charge in [0.25, 0.3) is 5.22 Å². The van der Waals surface area contributed by atoms with Crippen molar-refractivity contribution < 1.29 is 9.21 Å². The Kier molecular flexibility index (Phi) is 6.77. The summed E-state index contributed by atoms with van der Waals surface area (Å²) in [7, 11) is 0. The minimum atomic E-state index is 0.175. The third-order valence-electron chi connectivity index (χ3n) is 3.51. The van der Waals surface area contributed by atoms with E-state index < -0.39 is 0 Å². The number of hydrogen-bond donors (Lipinski definition) is 0. The molecule has 0 atom stereocenters. The number of thioether (sulfide) groups is 1. The van der Waals surface area contributed by atoms with Crippen LogP contribution in [0.25, 0.3) is 11.1 Å². The van der Waals surface area contributed by atoms with E-state index in [9.17, 15) is 4.79 Å². The van der Waals surface area contributed by atoms with E-state index >= 15 is 0 Å². The molecule has 1 amide bonds. The molecule has 2 aromatic rings. The highest BCUT2D eigenvalue weighted by Gasteiger charge is 2.15. The third kappa shape index (κ3) is 4.77. The highest BCUT2D eigenvalue weighted by atomic mass is 32.2. The zero-order chi connectivity index (χ0) is 15.8. The number of fused-ring (bicyclic) bond motifs is 1. The first-order valence-corrected chi connectivity index (χ1v) is 8.99. The van der Waals surface area contributed by atoms with Crippen molar-refractivity contribution in [2.75, 3.05) is 18.8 Å². The van der Waals surface area contributed by atoms with Crippen molar-refractivity contribution in [2.24, 2.45) is 0 Å². The van der Waals surface area contributed by atoms with Crippen LogP contribution in [-0.2, 0) is 4.79 Å². The summed E-state index contributed by atoms with van der Waals surface area (Å²) in [6.07, 6.45) is 4.33. The van der Waals surface area contributed by atoms with Gasteiger partial charge in [0.1, 0.15) is 5.52 Å². The molecule has 0 fully saturated rings. The number of para-hydroxylation sites is 2. The molecular formula is C17H24N2O2S. The lowest BCUT2D eigenvalue weighted by Crippen LogP contribution is -2.34. The van der Waals surface area contributed by atoms with Crippen LogP contribution < -0.4 is 0 Å². The second-order valence-electron chi connectivity index (χ2n) is 5.32. The fraction of sp³-hybridized carbons (Fsp3) is 0.529. The summed E-state index contributed by atoms with van der Waals surface area (Å²) in [6, 6.07) is 7.66. The fourth-order valence-corrected chi connectivity index (χ4v) is 2.93. The van der Waals surface area contributed by atoms with Crippen molar-refractivity contribution >= 4 is 28.8 Å². The van der Waals surface area contributed by atoms with Gasteiger partial charge in [-0.25, -0.2) is 4.98 Å². The lowest BCUT2D eigenvalue weighted by Gasteiger charge is -2.21. The van der Waals surface area contributed by atoms with Crippen LogP contribution >= 0.6 is 11.8 Å². The van der Waals surface area contributed by atoms with Gasteiger partial charge >= 0.3 is 0 Å². The maximum atomic E-state index is 12.4. The molecule has 5 heteroatoms. The van der Waals surface area contributed by atoms with Crippen LogP contribution in [0, 0.1) is 0 Å². The van der Waals surface area contributed by atoms with E-state index in [1.807, 2.05) is 29.2 Å². The Morgan fingerprint density at radius 1 is 1.18 bits per heavy atom. The molecule has 0 saturated carbocycles. The van der Waals surface area contributed by atoms with E-state index in [1.54, 1.807) is 0 Å². The number of carbonyl (C=O) groups excluding carboxylic acids is 1. The van der Waals surface area contributed by atoms with Gasteiger partial charge < -0.3 is 9.32 Å². The van der Waals surface area contributed by atoms with Gasteiger partial charge in [-0.1, -0.05) is 50.6 Å². The Morgan fingerprint density at radius 2 is 1.86 bits per heavy atom. The average Bonchev–Trinajstić information content (AvgIpc) is 2.95. The summed E-state index contributed by atoms with van der Waals surface area (Å²) in [5.74, 6) is 0.564. The number of carbonyl (C=O) groups is 1. The molecule has 0 bridgehead atoms. The molecule has 0 saturated heterocycles. The zero-order valence-electron chi connectivity index (χ0n) is 13.4. The summed E-state index contributed by atoms with van der Waals surface area (Å²) in [5, 5.41) is 0.570. The van der Waals surface area contributed by atoms with E-state index in [4.69, 9.17) is 4.42 Å². The largest absolute Gasteiger partial charge is 0.431 e. The first-order chi connectivity index (χ1) is 10.7. The molecule has 120 valence electrons. The molecule has 0 unspecified atom stereocenters. The van der Waals surface area contributed by atoms with Gasteiger partial charge in [0.05, 0.1) is 5.75 Å². The first kappa shape index (κ1) is 16.9. The summed E-state index contributed by atoms with van der Waals surface area (Å²) >= 11 is 1.38. The highest BCUT2D eigenvalue weighted by Crippen LogP contribution is 2.23. The van der Waals surface area contributed by atoms with Crippen molar-refractivity contribution in [1.29, 1.82) is 0 Å². The smallest absolute Gasteiger partial charge is 0.257 e. The first-order valence-electron chi connectivity index (χ1n) is 8.00. The van der Waals surface area contributed by atoms with Crippen molar-refractivity contribution in [2.45, 2.75) is 44.8 Å². The van der Waals surface area contributed by atoms with E-state index in [1.165, 1.54) is 11.8 Å². The zero-order valence-corrected chi connectivity index (χ0v) is 14.2. The molecular weight excluding hydrogens is 296 g/mol. The van der Waals surface area contributed by atoms with E-state index in [2.05, 4.69) is 18.8 Å². The molecule has 1 heterocycles. The standard InChI is InChI=1S/C17H24N2O2S/c1-3-5-11-19(12-6-4-2)16(20)13-22-17-18-14-9-7-8-10-15(14)21-17/h7-10H,3-6,11-13H2,1-2H3. The third-order valence-corrected chi connectivity index (χ3v) is 4.32. The Balaban J connectivity index is 1.90. The van der Waals surface area contributed by atoms with Crippen molar-refractivity contribution in [1.82, 2.24) is 9.88 Å².